The molecule has 2 atom stereocenters. The molecule has 0 radical (unpaired) electrons. The Bertz CT molecular complexity index is 463. The van der Waals surface area contributed by atoms with Gasteiger partial charge in [-0.1, -0.05) is 25.1 Å². The van der Waals surface area contributed by atoms with Crippen LogP contribution in [0, 0.1) is 5.92 Å². The molecule has 1 fully saturated rings. The Morgan fingerprint density at radius 3 is 2.70 bits per heavy atom. The maximum Gasteiger partial charge on any atom is 0.00387 e. The summed E-state index contributed by atoms with van der Waals surface area (Å²) in [6, 6.07) is 8.00. The summed E-state index contributed by atoms with van der Waals surface area (Å²) in [5.41, 5.74) is 4.81. The maximum atomic E-state index is 2.64. The summed E-state index contributed by atoms with van der Waals surface area (Å²) >= 11 is 0. The highest BCUT2D eigenvalue weighted by Crippen LogP contribution is 2.32. The van der Waals surface area contributed by atoms with Gasteiger partial charge in [0, 0.05) is 12.6 Å². The maximum absolute atomic E-state index is 2.64. The van der Waals surface area contributed by atoms with Gasteiger partial charge in [0.2, 0.25) is 0 Å². The molecule has 1 nitrogen and oxygen atoms in total. The molecule has 1 aliphatic heterocycles. The highest BCUT2D eigenvalue weighted by Gasteiger charge is 2.26. The molecular weight excluding hydrogens is 242 g/mol. The summed E-state index contributed by atoms with van der Waals surface area (Å²) in [6.45, 7) is 9.69. The van der Waals surface area contributed by atoms with E-state index in [2.05, 4.69) is 43.9 Å². The SMILES string of the molecule is CC(CC1CCN(C(C)C)C1)c1ccc2c(c1)CCC2. The minimum atomic E-state index is 0.718. The van der Waals surface area contributed by atoms with Crippen LogP contribution in [0.3, 0.4) is 0 Å². The van der Waals surface area contributed by atoms with Gasteiger partial charge < -0.3 is 4.90 Å². The number of hydrogen-bond acceptors (Lipinski definition) is 1. The first-order chi connectivity index (χ1) is 9.63. The van der Waals surface area contributed by atoms with E-state index >= 15 is 0 Å². The lowest BCUT2D eigenvalue weighted by Gasteiger charge is -2.22. The second-order valence-electron chi connectivity index (χ2n) is 7.26. The van der Waals surface area contributed by atoms with Crippen LogP contribution < -0.4 is 0 Å². The number of nitrogens with zero attached hydrogens (tertiary/aromatic N) is 1. The molecule has 0 aromatic heterocycles. The zero-order valence-corrected chi connectivity index (χ0v) is 13.4. The molecule has 1 aliphatic carbocycles. The molecule has 2 aliphatic rings. The zero-order chi connectivity index (χ0) is 14.1. The highest BCUT2D eigenvalue weighted by molar-refractivity contribution is 5.36. The van der Waals surface area contributed by atoms with Crippen molar-refractivity contribution < 1.29 is 0 Å². The molecule has 1 aromatic carbocycles. The Kier molecular flexibility index (Phi) is 4.16. The largest absolute Gasteiger partial charge is 0.301 e. The Balaban J connectivity index is 1.61. The van der Waals surface area contributed by atoms with Crippen molar-refractivity contribution in [2.24, 2.45) is 5.92 Å². The van der Waals surface area contributed by atoms with Crippen LogP contribution in [0.4, 0.5) is 0 Å². The Morgan fingerprint density at radius 1 is 1.15 bits per heavy atom. The van der Waals surface area contributed by atoms with Crippen molar-refractivity contribution in [1.29, 1.82) is 0 Å². The van der Waals surface area contributed by atoms with E-state index in [9.17, 15) is 0 Å². The lowest BCUT2D eigenvalue weighted by Crippen LogP contribution is -2.28. The number of benzene rings is 1. The van der Waals surface area contributed by atoms with Gasteiger partial charge in [0.25, 0.3) is 0 Å². The van der Waals surface area contributed by atoms with Crippen LogP contribution in [0.15, 0.2) is 18.2 Å². The summed E-state index contributed by atoms with van der Waals surface area (Å²) < 4.78 is 0. The van der Waals surface area contributed by atoms with Gasteiger partial charge in [-0.2, -0.15) is 0 Å². The van der Waals surface area contributed by atoms with Crippen molar-refractivity contribution in [2.45, 2.75) is 64.8 Å². The van der Waals surface area contributed by atoms with Crippen molar-refractivity contribution in [3.63, 3.8) is 0 Å². The smallest absolute Gasteiger partial charge is 0.00387 e. The van der Waals surface area contributed by atoms with Crippen molar-refractivity contribution in [2.75, 3.05) is 13.1 Å². The Morgan fingerprint density at radius 2 is 1.95 bits per heavy atom. The zero-order valence-electron chi connectivity index (χ0n) is 13.4. The van der Waals surface area contributed by atoms with Gasteiger partial charge in [0.15, 0.2) is 0 Å². The van der Waals surface area contributed by atoms with Crippen molar-refractivity contribution in [1.82, 2.24) is 4.90 Å². The van der Waals surface area contributed by atoms with Crippen LogP contribution in [-0.4, -0.2) is 24.0 Å². The molecule has 0 amide bonds. The molecule has 1 aromatic rings. The monoisotopic (exact) mass is 271 g/mol. The van der Waals surface area contributed by atoms with E-state index in [1.807, 2.05) is 0 Å². The molecule has 1 heterocycles. The molecule has 0 bridgehead atoms. The quantitative estimate of drug-likeness (QED) is 0.784. The molecule has 20 heavy (non-hydrogen) atoms. The fourth-order valence-corrected chi connectivity index (χ4v) is 4.06. The second kappa shape index (κ2) is 5.89. The molecule has 0 saturated carbocycles. The van der Waals surface area contributed by atoms with Crippen LogP contribution in [-0.2, 0) is 12.8 Å². The van der Waals surface area contributed by atoms with E-state index in [0.717, 1.165) is 17.9 Å². The van der Waals surface area contributed by atoms with Gasteiger partial charge in [-0.25, -0.2) is 0 Å². The fourth-order valence-electron chi connectivity index (χ4n) is 4.06. The Hall–Kier alpha value is -0.820. The molecular formula is C19H29N. The van der Waals surface area contributed by atoms with E-state index in [-0.39, 0.29) is 0 Å². The molecule has 3 rings (SSSR count). The molecule has 1 heteroatoms. The fraction of sp³-hybridized carbons (Fsp3) is 0.684. The van der Waals surface area contributed by atoms with Crippen molar-refractivity contribution >= 4 is 0 Å². The standard InChI is InChI=1S/C19H29N/c1-14(2)20-10-9-16(13-20)11-15(3)18-8-7-17-5-4-6-19(17)12-18/h7-8,12,14-16H,4-6,9-11,13H2,1-3H3. The molecule has 0 spiro atoms. The summed E-state index contributed by atoms with van der Waals surface area (Å²) in [7, 11) is 0. The predicted molar refractivity (Wildman–Crippen MR) is 86.3 cm³/mol. The highest BCUT2D eigenvalue weighted by atomic mass is 15.2. The third-order valence-corrected chi connectivity index (χ3v) is 5.43. The second-order valence-corrected chi connectivity index (χ2v) is 7.26. The van der Waals surface area contributed by atoms with Gasteiger partial charge in [-0.05, 0) is 81.0 Å². The van der Waals surface area contributed by atoms with Gasteiger partial charge in [-0.15, -0.1) is 0 Å². The van der Waals surface area contributed by atoms with E-state index < -0.39 is 0 Å². The van der Waals surface area contributed by atoms with E-state index in [1.165, 1.54) is 45.2 Å². The van der Waals surface area contributed by atoms with Crippen LogP contribution >= 0.6 is 0 Å². The number of fused-ring (bicyclic) bond motifs is 1. The van der Waals surface area contributed by atoms with Gasteiger partial charge in [0.05, 0.1) is 0 Å². The molecule has 0 N–H and O–H groups in total. The molecule has 110 valence electrons. The van der Waals surface area contributed by atoms with E-state index in [4.69, 9.17) is 0 Å². The van der Waals surface area contributed by atoms with Crippen molar-refractivity contribution in [3.8, 4) is 0 Å². The van der Waals surface area contributed by atoms with Crippen LogP contribution in [0.1, 0.15) is 62.6 Å². The number of aryl methyl sites for hydroxylation is 2. The first-order valence-corrected chi connectivity index (χ1v) is 8.49. The third kappa shape index (κ3) is 2.93. The van der Waals surface area contributed by atoms with Crippen molar-refractivity contribution in [3.05, 3.63) is 34.9 Å². The minimum absolute atomic E-state index is 0.718. The summed E-state index contributed by atoms with van der Waals surface area (Å²) in [5, 5.41) is 0. The summed E-state index contributed by atoms with van der Waals surface area (Å²) in [4.78, 5) is 2.64. The number of likely N-dealkylation sites (tertiary alicyclic amines) is 1. The average molecular weight is 271 g/mol. The first kappa shape index (κ1) is 14.1. The minimum Gasteiger partial charge on any atom is -0.301 e. The van der Waals surface area contributed by atoms with Gasteiger partial charge >= 0.3 is 0 Å². The first-order valence-electron chi connectivity index (χ1n) is 8.49. The van der Waals surface area contributed by atoms with Gasteiger partial charge in [-0.3, -0.25) is 0 Å². The average Bonchev–Trinajstić information content (AvgIpc) is 3.05. The summed E-state index contributed by atoms with van der Waals surface area (Å²) in [6.07, 6.45) is 6.73. The lowest BCUT2D eigenvalue weighted by molar-refractivity contribution is 0.261. The van der Waals surface area contributed by atoms with Gasteiger partial charge in [0.1, 0.15) is 0 Å². The predicted octanol–water partition coefficient (Wildman–Crippen LogP) is 4.40. The third-order valence-electron chi connectivity index (χ3n) is 5.43. The van der Waals surface area contributed by atoms with Crippen LogP contribution in [0.25, 0.3) is 0 Å². The topological polar surface area (TPSA) is 3.24 Å². The van der Waals surface area contributed by atoms with E-state index in [1.54, 1.807) is 16.7 Å². The Labute approximate surface area is 124 Å². The van der Waals surface area contributed by atoms with E-state index in [0.29, 0.717) is 0 Å². The summed E-state index contributed by atoms with van der Waals surface area (Å²) in [5.74, 6) is 1.62. The van der Waals surface area contributed by atoms with Crippen LogP contribution in [0.5, 0.6) is 0 Å². The molecule has 1 saturated heterocycles. The number of rotatable bonds is 4. The molecule has 2 unspecified atom stereocenters. The number of hydrogen-bond donors (Lipinski definition) is 0. The normalized spacial score (nSPS) is 24.3. The lowest BCUT2D eigenvalue weighted by atomic mass is 9.88. The van der Waals surface area contributed by atoms with Crippen LogP contribution in [0.2, 0.25) is 0 Å².